The Labute approximate surface area is 79.8 Å². The van der Waals surface area contributed by atoms with E-state index in [1.807, 2.05) is 0 Å². The molecule has 0 rings (SSSR count). The average Bonchev–Trinajstić information content (AvgIpc) is 1.66. The molecule has 0 saturated heterocycles. The van der Waals surface area contributed by atoms with E-state index in [2.05, 4.69) is 44.4 Å². The summed E-state index contributed by atoms with van der Waals surface area (Å²) in [5.41, 5.74) is 4.66. The van der Waals surface area contributed by atoms with Gasteiger partial charge in [-0.25, -0.2) is 0 Å². The zero-order valence-corrected chi connectivity index (χ0v) is 10.9. The third-order valence-electron chi connectivity index (χ3n) is 0.447. The van der Waals surface area contributed by atoms with Gasteiger partial charge in [-0.15, -0.1) is 0 Å². The van der Waals surface area contributed by atoms with E-state index in [-0.39, 0.29) is 27.6 Å². The van der Waals surface area contributed by atoms with Gasteiger partial charge in [0.05, 0.1) is 0 Å². The van der Waals surface area contributed by atoms with E-state index in [4.69, 9.17) is 0 Å². The van der Waals surface area contributed by atoms with Crippen molar-refractivity contribution in [2.75, 3.05) is 0 Å². The molecule has 0 heterocycles. The van der Waals surface area contributed by atoms with Gasteiger partial charge in [0.25, 0.3) is 0 Å². The van der Waals surface area contributed by atoms with Crippen LogP contribution < -0.4 is 5.73 Å². The fourth-order valence-electron chi connectivity index (χ4n) is 0.224. The Hall–Kier alpha value is 0.993. The van der Waals surface area contributed by atoms with Crippen LogP contribution >= 0.6 is 12.2 Å². The molecule has 0 fully saturated rings. The van der Waals surface area contributed by atoms with Gasteiger partial charge < -0.3 is 30.6 Å². The van der Waals surface area contributed by atoms with Gasteiger partial charge in [-0.3, -0.25) is 0 Å². The molecule has 54 valence electrons. The molecule has 0 aromatic rings. The molecule has 2 radical (unpaired) electrons. The topological polar surface area (TPSA) is 26.0 Å². The predicted molar refractivity (Wildman–Crippen MR) is 50.9 cm³/mol. The Bertz CT molecular complexity index is 62.0. The van der Waals surface area contributed by atoms with Crippen LogP contribution in [0, 0.1) is 0 Å². The zero-order valence-electron chi connectivity index (χ0n) is 5.76. The molecular weight excluding hydrogens is 347 g/mol. The van der Waals surface area contributed by atoms with E-state index in [0.29, 0.717) is 0 Å². The van der Waals surface area contributed by atoms with E-state index in [1.165, 1.54) is 8.26 Å². The van der Waals surface area contributed by atoms with Crippen LogP contribution in [0.25, 0.3) is 0 Å². The molecule has 0 saturated carbocycles. The van der Waals surface area contributed by atoms with Crippen LogP contribution in [0.15, 0.2) is 0 Å². The zero-order chi connectivity index (χ0) is 7.70. The first kappa shape index (κ1) is 12.6. The van der Waals surface area contributed by atoms with Crippen molar-refractivity contribution >= 4 is 52.4 Å². The third-order valence-corrected chi connectivity index (χ3v) is 3.92. The van der Waals surface area contributed by atoms with Gasteiger partial charge in [0, 0.05) is 0 Å². The molecule has 0 unspecified atom stereocenters. The standard InChI is InChI=1S/2C2H5.CH3NS2.Bi/c2*1-2;2-1(3)4;/h2*1H2,2H3;(H3,2,3,4);/q;;;+1/p-1. The molecule has 0 aromatic carbocycles. The first-order valence-corrected chi connectivity index (χ1v) is 8.48. The monoisotopic (exact) mass is 359 g/mol. The van der Waals surface area contributed by atoms with Crippen molar-refractivity contribution in [3.63, 3.8) is 0 Å². The summed E-state index contributed by atoms with van der Waals surface area (Å²) < 4.78 is 3.13. The van der Waals surface area contributed by atoms with Crippen LogP contribution in [0.4, 0.5) is 0 Å². The van der Waals surface area contributed by atoms with Gasteiger partial charge in [0.2, 0.25) is 0 Å². The summed E-state index contributed by atoms with van der Waals surface area (Å²) in [4.78, 5) is 0. The summed E-state index contributed by atoms with van der Waals surface area (Å²) in [6.07, 6.45) is 0. The minimum absolute atomic E-state index is 0.0833. The van der Waals surface area contributed by atoms with Crippen molar-refractivity contribution in [3.05, 3.63) is 0 Å². The first-order chi connectivity index (χ1) is 4.15. The molecule has 0 spiro atoms. The minimum atomic E-state index is 0.0833. The molecule has 0 amide bonds. The average molecular weight is 359 g/mol. The summed E-state index contributed by atoms with van der Waals surface area (Å²) in [5, 5.41) is 0. The van der Waals surface area contributed by atoms with Crippen LogP contribution in [-0.2, 0) is 12.6 Å². The molecule has 0 aromatic heterocycles. The van der Waals surface area contributed by atoms with Crippen LogP contribution in [0.3, 0.4) is 0 Å². The largest absolute Gasteiger partial charge is 0.415 e. The fraction of sp³-hybridized carbons (Fsp3) is 0.800. The van der Waals surface area contributed by atoms with Crippen LogP contribution in [-0.4, -0.2) is 27.6 Å². The number of rotatable bonds is 2. The van der Waals surface area contributed by atoms with Gasteiger partial charge in [-0.05, 0) is 0 Å². The van der Waals surface area contributed by atoms with Gasteiger partial charge >= 0.3 is 45.3 Å². The Balaban J connectivity index is 0. The van der Waals surface area contributed by atoms with E-state index in [1.54, 1.807) is 0 Å². The normalized spacial score (nSPS) is 7.33. The van der Waals surface area contributed by atoms with Crippen molar-refractivity contribution in [1.29, 1.82) is 0 Å². The summed E-state index contributed by atoms with van der Waals surface area (Å²) in [7, 11) is 0. The van der Waals surface area contributed by atoms with Crippen molar-refractivity contribution in [1.82, 2.24) is 0 Å². The van der Waals surface area contributed by atoms with E-state index < -0.39 is 0 Å². The molecule has 0 bridgehead atoms. The maximum Gasteiger partial charge on any atom is -0.0708 e. The molecule has 1 nitrogen and oxygen atoms in total. The summed E-state index contributed by atoms with van der Waals surface area (Å²) in [5.74, 6) is 0. The number of hydrogen-bond donors (Lipinski definition) is 1. The van der Waals surface area contributed by atoms with Crippen molar-refractivity contribution in [2.24, 2.45) is 5.73 Å². The molecule has 0 atom stereocenters. The maximum absolute atomic E-state index is 4.66. The third kappa shape index (κ3) is 49.1. The number of nitrogens with two attached hydrogens (primary N) is 1. The first-order valence-electron chi connectivity index (χ1n) is 2.74. The van der Waals surface area contributed by atoms with Crippen molar-refractivity contribution in [3.8, 4) is 0 Å². The van der Waals surface area contributed by atoms with E-state index in [0.717, 1.165) is 0 Å². The Morgan fingerprint density at radius 3 is 1.78 bits per heavy atom. The van der Waals surface area contributed by atoms with Gasteiger partial charge in [0.1, 0.15) is 0 Å². The SMILES string of the molecule is C[CH2][Bi+][CH2]C.NC(=S)[S-]. The van der Waals surface area contributed by atoms with Gasteiger partial charge in [-0.2, -0.15) is 0 Å². The molecule has 0 aliphatic carbocycles. The second-order valence-corrected chi connectivity index (χ2v) is 8.97. The molecule has 0 aliphatic heterocycles. The van der Waals surface area contributed by atoms with E-state index >= 15 is 0 Å². The smallest absolute Gasteiger partial charge is 0.0708 e. The molecule has 0 aliphatic rings. The van der Waals surface area contributed by atoms with E-state index in [9.17, 15) is 0 Å². The maximum atomic E-state index is 4.66. The number of hydrogen-bond acceptors (Lipinski definition) is 2. The Kier molecular flexibility index (Phi) is 16.5. The van der Waals surface area contributed by atoms with Gasteiger partial charge in [0.15, 0.2) is 0 Å². The number of thiocarbonyl (C=S) groups is 1. The van der Waals surface area contributed by atoms with Crippen molar-refractivity contribution < 1.29 is 0 Å². The van der Waals surface area contributed by atoms with Crippen LogP contribution in [0.1, 0.15) is 13.8 Å². The molecular formula is C5H12BiNS2. The summed E-state index contributed by atoms with van der Waals surface area (Å²) in [6, 6.07) is 0. The van der Waals surface area contributed by atoms with Crippen LogP contribution in [0.5, 0.6) is 0 Å². The second-order valence-electron chi connectivity index (χ2n) is 1.18. The quantitative estimate of drug-likeness (QED) is 0.458. The minimum Gasteiger partial charge on any atom is -0.415 e. The summed E-state index contributed by atoms with van der Waals surface area (Å²) in [6.45, 7) is 4.58. The molecule has 2 N–H and O–H groups in total. The molecule has 9 heavy (non-hydrogen) atoms. The summed E-state index contributed by atoms with van der Waals surface area (Å²) >= 11 is 8.40. The molecule has 4 heteroatoms. The second kappa shape index (κ2) is 11.7. The van der Waals surface area contributed by atoms with Gasteiger partial charge in [-0.1, -0.05) is 4.32 Å². The van der Waals surface area contributed by atoms with Crippen LogP contribution in [0.2, 0.25) is 8.26 Å². The predicted octanol–water partition coefficient (Wildman–Crippen LogP) is 1.34. The van der Waals surface area contributed by atoms with Crippen molar-refractivity contribution in [2.45, 2.75) is 22.1 Å². The Morgan fingerprint density at radius 1 is 1.56 bits per heavy atom. The fourth-order valence-corrected chi connectivity index (χ4v) is 1.96. The Morgan fingerprint density at radius 2 is 1.78 bits per heavy atom.